The first-order chi connectivity index (χ1) is 12.0. The number of aryl methyl sites for hydroxylation is 1. The Morgan fingerprint density at radius 1 is 1.24 bits per heavy atom. The minimum Gasteiger partial charge on any atom is -0.388 e. The molecule has 6 nitrogen and oxygen atoms in total. The summed E-state index contributed by atoms with van der Waals surface area (Å²) in [4.78, 5) is 2.25. The van der Waals surface area contributed by atoms with E-state index in [9.17, 15) is 5.11 Å². The lowest BCUT2D eigenvalue weighted by Crippen LogP contribution is -2.50. The van der Waals surface area contributed by atoms with Crippen LogP contribution in [-0.2, 0) is 11.3 Å². The van der Waals surface area contributed by atoms with Gasteiger partial charge in [-0.3, -0.25) is 4.90 Å². The molecule has 1 aliphatic heterocycles. The normalized spacial score (nSPS) is 18.2. The Hall–Kier alpha value is -1.73. The Morgan fingerprint density at radius 3 is 2.68 bits per heavy atom. The van der Waals surface area contributed by atoms with Gasteiger partial charge in [-0.2, -0.15) is 5.10 Å². The predicted molar refractivity (Wildman–Crippen MR) is 97.9 cm³/mol. The van der Waals surface area contributed by atoms with E-state index >= 15 is 0 Å². The van der Waals surface area contributed by atoms with Crippen LogP contribution >= 0.6 is 0 Å². The van der Waals surface area contributed by atoms with Crippen molar-refractivity contribution in [1.29, 1.82) is 0 Å². The summed E-state index contributed by atoms with van der Waals surface area (Å²) in [5, 5.41) is 18.6. The van der Waals surface area contributed by atoms with Gasteiger partial charge in [0, 0.05) is 44.5 Å². The molecule has 0 radical (unpaired) electrons. The maximum Gasteiger partial charge on any atom is 0.0869 e. The number of nitrogens with one attached hydrogen (secondary N) is 1. The van der Waals surface area contributed by atoms with Crippen LogP contribution in [0.4, 0.5) is 0 Å². The molecule has 0 saturated carbocycles. The highest BCUT2D eigenvalue weighted by molar-refractivity contribution is 5.32. The number of para-hydroxylation sites is 1. The predicted octanol–water partition coefficient (Wildman–Crippen LogP) is 1.35. The van der Waals surface area contributed by atoms with Gasteiger partial charge in [0.1, 0.15) is 0 Å². The molecule has 6 heteroatoms. The first kappa shape index (κ1) is 18.1. The lowest BCUT2D eigenvalue weighted by Gasteiger charge is -2.34. The van der Waals surface area contributed by atoms with Gasteiger partial charge < -0.3 is 15.2 Å². The lowest BCUT2D eigenvalue weighted by atomic mass is 10.1. The van der Waals surface area contributed by atoms with Gasteiger partial charge >= 0.3 is 0 Å². The van der Waals surface area contributed by atoms with E-state index in [1.54, 1.807) is 0 Å². The molecule has 0 amide bonds. The van der Waals surface area contributed by atoms with Gasteiger partial charge in [0.05, 0.1) is 30.2 Å². The number of ether oxygens (including phenoxy) is 1. The smallest absolute Gasteiger partial charge is 0.0869 e. The number of hydrogen-bond donors (Lipinski definition) is 2. The van der Waals surface area contributed by atoms with Crippen molar-refractivity contribution in [3.8, 4) is 5.69 Å². The van der Waals surface area contributed by atoms with E-state index in [0.717, 1.165) is 43.2 Å². The monoisotopic (exact) mass is 344 g/mol. The molecular weight excluding hydrogens is 316 g/mol. The second-order valence-corrected chi connectivity index (χ2v) is 7.01. The molecular formula is C19H28N4O2. The van der Waals surface area contributed by atoms with E-state index < -0.39 is 5.60 Å². The topological polar surface area (TPSA) is 62.5 Å². The maximum absolute atomic E-state index is 10.6. The van der Waals surface area contributed by atoms with Crippen LogP contribution in [0.25, 0.3) is 5.69 Å². The molecule has 0 bridgehead atoms. The van der Waals surface area contributed by atoms with E-state index in [1.807, 2.05) is 55.1 Å². The molecule has 1 saturated heterocycles. The fourth-order valence-corrected chi connectivity index (χ4v) is 3.15. The largest absolute Gasteiger partial charge is 0.388 e. The van der Waals surface area contributed by atoms with E-state index in [1.165, 1.54) is 0 Å². The Morgan fingerprint density at radius 2 is 1.96 bits per heavy atom. The minimum absolute atomic E-state index is 0.542. The highest BCUT2D eigenvalue weighted by Gasteiger charge is 2.25. The first-order valence-corrected chi connectivity index (χ1v) is 8.87. The van der Waals surface area contributed by atoms with Gasteiger partial charge in [0.2, 0.25) is 0 Å². The highest BCUT2D eigenvalue weighted by Crippen LogP contribution is 2.12. The molecule has 136 valence electrons. The third-order valence-electron chi connectivity index (χ3n) is 4.51. The molecule has 1 unspecified atom stereocenters. The molecule has 2 N–H and O–H groups in total. The summed E-state index contributed by atoms with van der Waals surface area (Å²) in [6.07, 6.45) is 2.05. The van der Waals surface area contributed by atoms with Gasteiger partial charge in [-0.05, 0) is 26.0 Å². The Labute approximate surface area is 149 Å². The second kappa shape index (κ2) is 8.10. The van der Waals surface area contributed by atoms with Gasteiger partial charge in [-0.1, -0.05) is 18.2 Å². The van der Waals surface area contributed by atoms with E-state index in [2.05, 4.69) is 15.3 Å². The molecule has 1 atom stereocenters. The summed E-state index contributed by atoms with van der Waals surface area (Å²) in [6.45, 7) is 9.07. The zero-order valence-electron chi connectivity index (χ0n) is 15.1. The second-order valence-electron chi connectivity index (χ2n) is 7.01. The number of aromatic nitrogens is 2. The van der Waals surface area contributed by atoms with Crippen LogP contribution in [0.1, 0.15) is 18.2 Å². The molecule has 1 aromatic heterocycles. The summed E-state index contributed by atoms with van der Waals surface area (Å²) < 4.78 is 7.26. The fraction of sp³-hybridized carbons (Fsp3) is 0.526. The van der Waals surface area contributed by atoms with Crippen molar-refractivity contribution in [2.24, 2.45) is 0 Å². The van der Waals surface area contributed by atoms with Crippen molar-refractivity contribution in [3.05, 3.63) is 47.8 Å². The molecule has 0 spiro atoms. The summed E-state index contributed by atoms with van der Waals surface area (Å²) in [5.74, 6) is 0. The summed E-state index contributed by atoms with van der Waals surface area (Å²) >= 11 is 0. The number of nitrogens with zero attached hydrogens (tertiary/aromatic N) is 3. The zero-order valence-corrected chi connectivity index (χ0v) is 15.1. The van der Waals surface area contributed by atoms with Crippen molar-refractivity contribution in [2.75, 3.05) is 39.4 Å². The molecule has 2 heterocycles. The summed E-state index contributed by atoms with van der Waals surface area (Å²) in [5.41, 5.74) is 2.44. The average Bonchev–Trinajstić information content (AvgIpc) is 2.97. The summed E-state index contributed by atoms with van der Waals surface area (Å²) in [7, 11) is 0. The number of morpholine rings is 1. The average molecular weight is 344 g/mol. The van der Waals surface area contributed by atoms with Crippen molar-refractivity contribution < 1.29 is 9.84 Å². The Balaban J connectivity index is 1.52. The van der Waals surface area contributed by atoms with E-state index in [-0.39, 0.29) is 0 Å². The maximum atomic E-state index is 10.6. The van der Waals surface area contributed by atoms with E-state index in [4.69, 9.17) is 4.74 Å². The van der Waals surface area contributed by atoms with E-state index in [0.29, 0.717) is 19.6 Å². The van der Waals surface area contributed by atoms with Crippen LogP contribution in [0.15, 0.2) is 36.5 Å². The molecule has 3 rings (SSSR count). The third-order valence-corrected chi connectivity index (χ3v) is 4.51. The Kier molecular flexibility index (Phi) is 5.86. The van der Waals surface area contributed by atoms with Crippen molar-refractivity contribution in [3.63, 3.8) is 0 Å². The van der Waals surface area contributed by atoms with Crippen LogP contribution in [0.2, 0.25) is 0 Å². The van der Waals surface area contributed by atoms with Crippen LogP contribution in [-0.4, -0.2) is 64.8 Å². The van der Waals surface area contributed by atoms with Crippen molar-refractivity contribution >= 4 is 0 Å². The highest BCUT2D eigenvalue weighted by atomic mass is 16.5. The van der Waals surface area contributed by atoms with Gasteiger partial charge in [0.25, 0.3) is 0 Å². The summed E-state index contributed by atoms with van der Waals surface area (Å²) in [6, 6.07) is 10.1. The standard InChI is InChI=1S/C19H28N4O2/c1-16-17(13-23(21-16)18-6-4-3-5-7-18)12-20-14-19(2,24)15-22-8-10-25-11-9-22/h3-7,13,20,24H,8-12,14-15H2,1-2H3. The SMILES string of the molecule is Cc1nn(-c2ccccc2)cc1CNCC(C)(O)CN1CCOCC1. The third kappa shape index (κ3) is 5.12. The molecule has 0 aliphatic carbocycles. The Bertz CT molecular complexity index is 663. The number of β-amino-alcohol motifs (C(OH)–C–C–N with tert-alkyl or cyclic N) is 1. The number of rotatable bonds is 7. The molecule has 1 fully saturated rings. The van der Waals surface area contributed by atoms with Crippen LogP contribution in [0, 0.1) is 6.92 Å². The zero-order chi connectivity index (χ0) is 17.7. The number of aliphatic hydroxyl groups is 1. The minimum atomic E-state index is -0.763. The van der Waals surface area contributed by atoms with Crippen LogP contribution < -0.4 is 5.32 Å². The molecule has 25 heavy (non-hydrogen) atoms. The fourth-order valence-electron chi connectivity index (χ4n) is 3.15. The van der Waals surface area contributed by atoms with Crippen molar-refractivity contribution in [1.82, 2.24) is 20.0 Å². The van der Waals surface area contributed by atoms with Crippen LogP contribution in [0.5, 0.6) is 0 Å². The number of benzene rings is 1. The molecule has 2 aromatic rings. The van der Waals surface area contributed by atoms with Gasteiger partial charge in [-0.15, -0.1) is 0 Å². The quantitative estimate of drug-likeness (QED) is 0.794. The van der Waals surface area contributed by atoms with Gasteiger partial charge in [-0.25, -0.2) is 4.68 Å². The van der Waals surface area contributed by atoms with Gasteiger partial charge in [0.15, 0.2) is 0 Å². The number of hydrogen-bond acceptors (Lipinski definition) is 5. The lowest BCUT2D eigenvalue weighted by molar-refractivity contribution is -0.0219. The molecule has 1 aliphatic rings. The molecule has 1 aromatic carbocycles. The first-order valence-electron chi connectivity index (χ1n) is 8.87. The van der Waals surface area contributed by atoms with Crippen LogP contribution in [0.3, 0.4) is 0 Å². The van der Waals surface area contributed by atoms with Crippen molar-refractivity contribution in [2.45, 2.75) is 26.0 Å².